The Balaban J connectivity index is 1.88. The molecule has 2 aromatic carbocycles. The predicted octanol–water partition coefficient (Wildman–Crippen LogP) is 3.56. The topological polar surface area (TPSA) is 38.8 Å². The van der Waals surface area contributed by atoms with Gasteiger partial charge < -0.3 is 14.4 Å². The summed E-state index contributed by atoms with van der Waals surface area (Å²) in [5.41, 5.74) is 3.01. The lowest BCUT2D eigenvalue weighted by atomic mass is 9.99. The maximum absolute atomic E-state index is 12.8. The highest BCUT2D eigenvalue weighted by molar-refractivity contribution is 6.32. The van der Waals surface area contributed by atoms with Gasteiger partial charge in [-0.2, -0.15) is 0 Å². The van der Waals surface area contributed by atoms with Crippen LogP contribution in [0.4, 0.5) is 0 Å². The molecule has 0 unspecified atom stereocenters. The number of carbonyl (C=O) groups is 1. The lowest BCUT2D eigenvalue weighted by Gasteiger charge is -2.29. The molecule has 0 saturated heterocycles. The molecule has 0 saturated carbocycles. The van der Waals surface area contributed by atoms with E-state index >= 15 is 0 Å². The Morgan fingerprint density at radius 2 is 1.87 bits per heavy atom. The molecule has 0 spiro atoms. The van der Waals surface area contributed by atoms with E-state index in [1.807, 2.05) is 17.0 Å². The Morgan fingerprint density at radius 1 is 1.13 bits per heavy atom. The standard InChI is InChI=1S/C18H18ClNO3/c1-22-16-10-14(9-15(19)17(16)23-2)18(21)20-8-7-12-5-3-4-6-13(12)11-20/h3-6,9-10H,7-8,11H2,1-2H3. The summed E-state index contributed by atoms with van der Waals surface area (Å²) in [6.45, 7) is 1.31. The van der Waals surface area contributed by atoms with Crippen molar-refractivity contribution in [2.24, 2.45) is 0 Å². The number of methoxy groups -OCH3 is 2. The minimum Gasteiger partial charge on any atom is -0.493 e. The summed E-state index contributed by atoms with van der Waals surface area (Å²) in [6, 6.07) is 11.5. The lowest BCUT2D eigenvalue weighted by molar-refractivity contribution is 0.0734. The van der Waals surface area contributed by atoms with Crippen molar-refractivity contribution in [2.75, 3.05) is 20.8 Å². The number of carbonyl (C=O) groups excluding carboxylic acids is 1. The highest BCUT2D eigenvalue weighted by Gasteiger charge is 2.23. The number of fused-ring (bicyclic) bond motifs is 1. The summed E-state index contributed by atoms with van der Waals surface area (Å²) in [5, 5.41) is 0.368. The maximum atomic E-state index is 12.8. The summed E-state index contributed by atoms with van der Waals surface area (Å²) >= 11 is 6.20. The van der Waals surface area contributed by atoms with Crippen molar-refractivity contribution < 1.29 is 14.3 Å². The van der Waals surface area contributed by atoms with Crippen LogP contribution >= 0.6 is 11.6 Å². The third kappa shape index (κ3) is 2.99. The molecule has 0 aromatic heterocycles. The van der Waals surface area contributed by atoms with Crippen molar-refractivity contribution in [1.82, 2.24) is 4.90 Å². The van der Waals surface area contributed by atoms with Gasteiger partial charge in [-0.05, 0) is 29.7 Å². The third-order valence-corrected chi connectivity index (χ3v) is 4.38. The summed E-state index contributed by atoms with van der Waals surface area (Å²) in [7, 11) is 3.05. The molecule has 120 valence electrons. The van der Waals surface area contributed by atoms with Gasteiger partial charge >= 0.3 is 0 Å². The van der Waals surface area contributed by atoms with Gasteiger partial charge in [0.1, 0.15) is 0 Å². The van der Waals surface area contributed by atoms with Gasteiger partial charge in [0.05, 0.1) is 19.2 Å². The van der Waals surface area contributed by atoms with Gasteiger partial charge in [-0.25, -0.2) is 0 Å². The SMILES string of the molecule is COc1cc(C(=O)N2CCc3ccccc3C2)cc(Cl)c1OC. The second-order valence-electron chi connectivity index (χ2n) is 5.44. The highest BCUT2D eigenvalue weighted by Crippen LogP contribution is 2.36. The Kier molecular flexibility index (Phi) is 4.44. The van der Waals surface area contributed by atoms with E-state index in [0.29, 0.717) is 35.2 Å². The second kappa shape index (κ2) is 6.50. The first-order chi connectivity index (χ1) is 11.1. The molecule has 0 bridgehead atoms. The average Bonchev–Trinajstić information content (AvgIpc) is 2.59. The van der Waals surface area contributed by atoms with E-state index in [4.69, 9.17) is 21.1 Å². The number of nitrogens with zero attached hydrogens (tertiary/aromatic N) is 1. The molecule has 1 aliphatic rings. The first-order valence-corrected chi connectivity index (χ1v) is 7.79. The van der Waals surface area contributed by atoms with Crippen LogP contribution in [-0.4, -0.2) is 31.6 Å². The Labute approximate surface area is 140 Å². The van der Waals surface area contributed by atoms with Gasteiger partial charge in [0.15, 0.2) is 11.5 Å². The van der Waals surface area contributed by atoms with Crippen LogP contribution in [0.3, 0.4) is 0 Å². The molecule has 23 heavy (non-hydrogen) atoms. The van der Waals surface area contributed by atoms with Crippen LogP contribution in [0.15, 0.2) is 36.4 Å². The van der Waals surface area contributed by atoms with Gasteiger partial charge in [-0.1, -0.05) is 35.9 Å². The smallest absolute Gasteiger partial charge is 0.254 e. The molecule has 4 nitrogen and oxygen atoms in total. The molecular formula is C18H18ClNO3. The van der Waals surface area contributed by atoms with Crippen LogP contribution in [0.25, 0.3) is 0 Å². The predicted molar refractivity (Wildman–Crippen MR) is 89.4 cm³/mol. The van der Waals surface area contributed by atoms with Crippen LogP contribution in [0.2, 0.25) is 5.02 Å². The third-order valence-electron chi connectivity index (χ3n) is 4.10. The number of hydrogen-bond acceptors (Lipinski definition) is 3. The van der Waals surface area contributed by atoms with Crippen molar-refractivity contribution in [3.8, 4) is 11.5 Å². The van der Waals surface area contributed by atoms with Gasteiger partial charge in [-0.3, -0.25) is 4.79 Å². The summed E-state index contributed by atoms with van der Waals surface area (Å²) < 4.78 is 10.5. The molecule has 5 heteroatoms. The van der Waals surface area contributed by atoms with Crippen molar-refractivity contribution >= 4 is 17.5 Å². The summed E-state index contributed by atoms with van der Waals surface area (Å²) in [5.74, 6) is 0.845. The van der Waals surface area contributed by atoms with Gasteiger partial charge in [0.25, 0.3) is 5.91 Å². The van der Waals surface area contributed by atoms with Crippen LogP contribution in [0.1, 0.15) is 21.5 Å². The first kappa shape index (κ1) is 15.7. The molecule has 0 aliphatic carbocycles. The van der Waals surface area contributed by atoms with E-state index < -0.39 is 0 Å². The summed E-state index contributed by atoms with van der Waals surface area (Å²) in [4.78, 5) is 14.6. The molecule has 0 N–H and O–H groups in total. The van der Waals surface area contributed by atoms with Crippen LogP contribution in [-0.2, 0) is 13.0 Å². The Bertz CT molecular complexity index is 745. The number of amides is 1. The van der Waals surface area contributed by atoms with Crippen LogP contribution < -0.4 is 9.47 Å². The zero-order valence-electron chi connectivity index (χ0n) is 13.1. The fraction of sp³-hybridized carbons (Fsp3) is 0.278. The molecule has 1 heterocycles. The molecule has 1 aliphatic heterocycles. The fourth-order valence-corrected chi connectivity index (χ4v) is 3.18. The van der Waals surface area contributed by atoms with E-state index in [1.54, 1.807) is 12.1 Å². The molecule has 1 amide bonds. The number of hydrogen-bond donors (Lipinski definition) is 0. The molecule has 0 fully saturated rings. The lowest BCUT2D eigenvalue weighted by Crippen LogP contribution is -2.35. The maximum Gasteiger partial charge on any atom is 0.254 e. The molecule has 0 atom stereocenters. The quantitative estimate of drug-likeness (QED) is 0.863. The van der Waals surface area contributed by atoms with Crippen molar-refractivity contribution in [2.45, 2.75) is 13.0 Å². The zero-order chi connectivity index (χ0) is 16.4. The highest BCUT2D eigenvalue weighted by atomic mass is 35.5. The number of rotatable bonds is 3. The molecular weight excluding hydrogens is 314 g/mol. The van der Waals surface area contributed by atoms with E-state index in [-0.39, 0.29) is 5.91 Å². The minimum atomic E-state index is -0.0534. The summed E-state index contributed by atoms with van der Waals surface area (Å²) in [6.07, 6.45) is 0.864. The number of ether oxygens (including phenoxy) is 2. The van der Waals surface area contributed by atoms with Crippen molar-refractivity contribution in [1.29, 1.82) is 0 Å². The number of halogens is 1. The average molecular weight is 332 g/mol. The Morgan fingerprint density at radius 3 is 2.57 bits per heavy atom. The van der Waals surface area contributed by atoms with E-state index in [1.165, 1.54) is 25.3 Å². The van der Waals surface area contributed by atoms with Crippen molar-refractivity contribution in [3.63, 3.8) is 0 Å². The van der Waals surface area contributed by atoms with E-state index in [0.717, 1.165) is 6.42 Å². The van der Waals surface area contributed by atoms with Crippen LogP contribution in [0, 0.1) is 0 Å². The molecule has 0 radical (unpaired) electrons. The Hall–Kier alpha value is -2.20. The fourth-order valence-electron chi connectivity index (χ4n) is 2.89. The van der Waals surface area contributed by atoms with Gasteiger partial charge in [0.2, 0.25) is 0 Å². The van der Waals surface area contributed by atoms with Crippen molar-refractivity contribution in [3.05, 3.63) is 58.1 Å². The molecule has 2 aromatic rings. The minimum absolute atomic E-state index is 0.0534. The normalized spacial score (nSPS) is 13.4. The van der Waals surface area contributed by atoms with E-state index in [2.05, 4.69) is 12.1 Å². The molecule has 3 rings (SSSR count). The largest absolute Gasteiger partial charge is 0.493 e. The van der Waals surface area contributed by atoms with Crippen LogP contribution in [0.5, 0.6) is 11.5 Å². The van der Waals surface area contributed by atoms with E-state index in [9.17, 15) is 4.79 Å². The monoisotopic (exact) mass is 331 g/mol. The number of benzene rings is 2. The van der Waals surface area contributed by atoms with Gasteiger partial charge in [0, 0.05) is 18.7 Å². The first-order valence-electron chi connectivity index (χ1n) is 7.41. The zero-order valence-corrected chi connectivity index (χ0v) is 13.9. The van der Waals surface area contributed by atoms with Gasteiger partial charge in [-0.15, -0.1) is 0 Å². The second-order valence-corrected chi connectivity index (χ2v) is 5.85.